The van der Waals surface area contributed by atoms with Crippen LogP contribution < -0.4 is 5.32 Å². The maximum absolute atomic E-state index is 12.7. The normalized spacial score (nSPS) is 11.0. The molecule has 0 unspecified atom stereocenters. The Morgan fingerprint density at radius 2 is 1.83 bits per heavy atom. The molecular weight excluding hydrogens is 333 g/mol. The van der Waals surface area contributed by atoms with E-state index < -0.39 is 0 Å². The number of carbonyl (C=O) groups is 1. The highest BCUT2D eigenvalue weighted by Crippen LogP contribution is 2.34. The molecule has 0 aliphatic carbocycles. The van der Waals surface area contributed by atoms with Gasteiger partial charge < -0.3 is 9.73 Å². The van der Waals surface area contributed by atoms with Crippen LogP contribution in [0.25, 0.3) is 11.0 Å². The fourth-order valence-corrected chi connectivity index (χ4v) is 2.96. The Labute approximate surface area is 144 Å². The molecule has 0 saturated carbocycles. The summed E-state index contributed by atoms with van der Waals surface area (Å²) in [5, 5.41) is 4.55. The van der Waals surface area contributed by atoms with Crippen LogP contribution in [0, 0.1) is 20.8 Å². The first-order valence-electron chi connectivity index (χ1n) is 7.15. The maximum atomic E-state index is 12.7. The van der Waals surface area contributed by atoms with Crippen LogP contribution in [0.15, 0.2) is 34.7 Å². The Balaban J connectivity index is 2.06. The lowest BCUT2D eigenvalue weighted by Gasteiger charge is -2.11. The lowest BCUT2D eigenvalue weighted by atomic mass is 10.1. The summed E-state index contributed by atoms with van der Waals surface area (Å²) >= 11 is 12.4. The third-order valence-electron chi connectivity index (χ3n) is 3.97. The van der Waals surface area contributed by atoms with Crippen LogP contribution >= 0.6 is 23.2 Å². The third-order valence-corrected chi connectivity index (χ3v) is 4.77. The molecule has 2 aromatic carbocycles. The Kier molecular flexibility index (Phi) is 4.09. The van der Waals surface area contributed by atoms with Crippen LogP contribution in [-0.2, 0) is 0 Å². The van der Waals surface area contributed by atoms with Crippen molar-refractivity contribution in [2.45, 2.75) is 20.8 Å². The lowest BCUT2D eigenvalue weighted by Crippen LogP contribution is -2.13. The van der Waals surface area contributed by atoms with Crippen LogP contribution in [0.1, 0.15) is 27.2 Å². The molecule has 5 heteroatoms. The second kappa shape index (κ2) is 5.91. The molecule has 0 radical (unpaired) electrons. The highest BCUT2D eigenvalue weighted by molar-refractivity contribution is 6.40. The van der Waals surface area contributed by atoms with E-state index in [-0.39, 0.29) is 5.91 Å². The number of hydrogen-bond donors (Lipinski definition) is 1. The van der Waals surface area contributed by atoms with E-state index in [1.54, 1.807) is 18.2 Å². The number of rotatable bonds is 2. The van der Waals surface area contributed by atoms with Crippen LogP contribution in [-0.4, -0.2) is 5.91 Å². The average molecular weight is 348 g/mol. The summed E-state index contributed by atoms with van der Waals surface area (Å²) in [5.41, 5.74) is 3.30. The highest BCUT2D eigenvalue weighted by Gasteiger charge is 2.18. The molecule has 0 atom stereocenters. The van der Waals surface area contributed by atoms with E-state index in [9.17, 15) is 4.79 Å². The number of anilines is 1. The standard InChI is InChI=1S/C18H15Cl2NO2/c1-9-7-8-14(19)16(15(9)20)21-18(22)13-6-4-5-12-10(2)11(3)23-17(12)13/h4-8H,1-3H3,(H,21,22). The van der Waals surface area contributed by atoms with Gasteiger partial charge in [-0.2, -0.15) is 0 Å². The van der Waals surface area contributed by atoms with Gasteiger partial charge in [-0.3, -0.25) is 4.79 Å². The van der Waals surface area contributed by atoms with Crippen LogP contribution in [0.2, 0.25) is 10.0 Å². The summed E-state index contributed by atoms with van der Waals surface area (Å²) in [6.45, 7) is 5.71. The minimum atomic E-state index is -0.307. The zero-order chi connectivity index (χ0) is 16.7. The molecule has 1 amide bonds. The van der Waals surface area contributed by atoms with Gasteiger partial charge in [0.2, 0.25) is 0 Å². The maximum Gasteiger partial charge on any atom is 0.259 e. The van der Waals surface area contributed by atoms with Gasteiger partial charge in [-0.1, -0.05) is 41.4 Å². The SMILES string of the molecule is Cc1ccc(Cl)c(NC(=O)c2cccc3c(C)c(C)oc23)c1Cl. The molecule has 1 heterocycles. The number of amides is 1. The van der Waals surface area contributed by atoms with E-state index in [2.05, 4.69) is 5.32 Å². The number of aryl methyl sites for hydroxylation is 3. The number of halogens is 2. The quantitative estimate of drug-likeness (QED) is 0.625. The number of benzene rings is 2. The van der Waals surface area contributed by atoms with Crippen molar-refractivity contribution in [2.24, 2.45) is 0 Å². The third kappa shape index (κ3) is 2.71. The molecule has 118 valence electrons. The van der Waals surface area contributed by atoms with Crippen molar-refractivity contribution in [1.29, 1.82) is 0 Å². The summed E-state index contributed by atoms with van der Waals surface area (Å²) in [4.78, 5) is 12.7. The number of furan rings is 1. The Hall–Kier alpha value is -1.97. The molecule has 0 fully saturated rings. The Bertz CT molecular complexity index is 928. The largest absolute Gasteiger partial charge is 0.460 e. The summed E-state index contributed by atoms with van der Waals surface area (Å²) in [7, 11) is 0. The molecule has 23 heavy (non-hydrogen) atoms. The summed E-state index contributed by atoms with van der Waals surface area (Å²) in [6.07, 6.45) is 0. The van der Waals surface area contributed by atoms with Gasteiger partial charge in [0.25, 0.3) is 5.91 Å². The lowest BCUT2D eigenvalue weighted by molar-refractivity contribution is 0.102. The molecule has 3 aromatic rings. The van der Waals surface area contributed by atoms with Gasteiger partial charge in [-0.05, 0) is 44.0 Å². The zero-order valence-electron chi connectivity index (χ0n) is 13.0. The molecule has 0 saturated heterocycles. The molecule has 0 spiro atoms. The van der Waals surface area contributed by atoms with Crippen molar-refractivity contribution in [3.63, 3.8) is 0 Å². The molecule has 0 aliphatic heterocycles. The molecular formula is C18H15Cl2NO2. The van der Waals surface area contributed by atoms with Crippen molar-refractivity contribution in [1.82, 2.24) is 0 Å². The summed E-state index contributed by atoms with van der Waals surface area (Å²) in [6, 6.07) is 9.00. The predicted octanol–water partition coefficient (Wildman–Crippen LogP) is 5.92. The highest BCUT2D eigenvalue weighted by atomic mass is 35.5. The first-order chi connectivity index (χ1) is 10.9. The van der Waals surface area contributed by atoms with Gasteiger partial charge in [0, 0.05) is 5.39 Å². The van der Waals surface area contributed by atoms with Gasteiger partial charge in [-0.25, -0.2) is 0 Å². The first kappa shape index (κ1) is 15.9. The number of carbonyl (C=O) groups excluding carboxylic acids is 1. The fraction of sp³-hybridized carbons (Fsp3) is 0.167. The van der Waals surface area contributed by atoms with Crippen LogP contribution in [0.3, 0.4) is 0 Å². The van der Waals surface area contributed by atoms with Gasteiger partial charge in [0.15, 0.2) is 0 Å². The monoisotopic (exact) mass is 347 g/mol. The van der Waals surface area contributed by atoms with Crippen LogP contribution in [0.5, 0.6) is 0 Å². The van der Waals surface area contributed by atoms with E-state index in [4.69, 9.17) is 27.6 Å². The van der Waals surface area contributed by atoms with E-state index in [1.165, 1.54) is 0 Å². The summed E-state index contributed by atoms with van der Waals surface area (Å²) in [5.74, 6) is 0.491. The first-order valence-corrected chi connectivity index (χ1v) is 7.90. The Morgan fingerprint density at radius 3 is 2.57 bits per heavy atom. The van der Waals surface area contributed by atoms with E-state index >= 15 is 0 Å². The van der Waals surface area contributed by atoms with Gasteiger partial charge in [0.05, 0.1) is 21.3 Å². The minimum absolute atomic E-state index is 0.307. The smallest absolute Gasteiger partial charge is 0.259 e. The Morgan fingerprint density at radius 1 is 1.09 bits per heavy atom. The number of nitrogens with one attached hydrogen (secondary N) is 1. The van der Waals surface area contributed by atoms with E-state index in [0.717, 1.165) is 22.3 Å². The molecule has 3 rings (SSSR count). The molecule has 0 aliphatic rings. The van der Waals surface area contributed by atoms with Crippen molar-refractivity contribution in [2.75, 3.05) is 5.32 Å². The fourth-order valence-electron chi connectivity index (χ4n) is 2.49. The second-order valence-electron chi connectivity index (χ2n) is 5.47. The van der Waals surface area contributed by atoms with Crippen molar-refractivity contribution in [3.8, 4) is 0 Å². The molecule has 1 aromatic heterocycles. The van der Waals surface area contributed by atoms with Gasteiger partial charge in [-0.15, -0.1) is 0 Å². The van der Waals surface area contributed by atoms with Gasteiger partial charge >= 0.3 is 0 Å². The zero-order valence-corrected chi connectivity index (χ0v) is 14.5. The van der Waals surface area contributed by atoms with Crippen LogP contribution in [0.4, 0.5) is 5.69 Å². The average Bonchev–Trinajstić information content (AvgIpc) is 2.82. The molecule has 3 nitrogen and oxygen atoms in total. The molecule has 1 N–H and O–H groups in total. The minimum Gasteiger partial charge on any atom is -0.460 e. The van der Waals surface area contributed by atoms with E-state index in [1.807, 2.05) is 32.9 Å². The molecule has 0 bridgehead atoms. The topological polar surface area (TPSA) is 42.2 Å². The van der Waals surface area contributed by atoms with Crippen molar-refractivity contribution in [3.05, 3.63) is 62.8 Å². The van der Waals surface area contributed by atoms with Gasteiger partial charge in [0.1, 0.15) is 11.3 Å². The summed E-state index contributed by atoms with van der Waals surface area (Å²) < 4.78 is 5.75. The van der Waals surface area contributed by atoms with Crippen molar-refractivity contribution < 1.29 is 9.21 Å². The van der Waals surface area contributed by atoms with E-state index in [0.29, 0.717) is 26.9 Å². The number of fused-ring (bicyclic) bond motifs is 1. The predicted molar refractivity (Wildman–Crippen MR) is 94.8 cm³/mol. The number of hydrogen-bond acceptors (Lipinski definition) is 2. The second-order valence-corrected chi connectivity index (χ2v) is 6.26. The number of para-hydroxylation sites is 1. The van der Waals surface area contributed by atoms with Crippen molar-refractivity contribution >= 4 is 45.8 Å².